The van der Waals surface area contributed by atoms with Gasteiger partial charge < -0.3 is 16.0 Å². The van der Waals surface area contributed by atoms with E-state index < -0.39 is 17.9 Å². The largest absolute Gasteiger partial charge is 0.711 e. The van der Waals surface area contributed by atoms with Gasteiger partial charge in [-0.2, -0.15) is 0 Å². The number of carboxylic acid groups (broad SMARTS) is 1. The van der Waals surface area contributed by atoms with Crippen LogP contribution in [0.2, 0.25) is 0 Å². The highest BCUT2D eigenvalue weighted by molar-refractivity contribution is 5.82. The Morgan fingerprint density at radius 1 is 1.62 bits per heavy atom. The number of hydrogen-bond acceptors (Lipinski definition) is 3. The second-order valence-corrected chi connectivity index (χ2v) is 3.54. The zero-order valence-electron chi connectivity index (χ0n) is 9.01. The molecule has 1 aromatic heterocycles. The van der Waals surface area contributed by atoms with Crippen LogP contribution in [0.4, 0.5) is 0 Å². The van der Waals surface area contributed by atoms with Crippen LogP contribution in [-0.4, -0.2) is 21.6 Å². The smallest absolute Gasteiger partial charge is 0.349 e. The lowest BCUT2D eigenvalue weighted by Gasteiger charge is -2.07. The van der Waals surface area contributed by atoms with Crippen LogP contribution in [0.1, 0.15) is 23.9 Å². The first-order valence-electron chi connectivity index (χ1n) is 4.63. The molecule has 0 bridgehead atoms. The number of aromatic nitrogens is 2. The molecule has 0 aliphatic heterocycles. The number of carboxylic acids is 1. The monoisotopic (exact) mass is 227 g/mol. The van der Waals surface area contributed by atoms with Crippen molar-refractivity contribution in [3.05, 3.63) is 22.9 Å². The zero-order chi connectivity index (χ0) is 12.5. The lowest BCUT2D eigenvalue weighted by Crippen LogP contribution is -2.28. The number of hydrogen-bond donors (Lipinski definition) is 2. The van der Waals surface area contributed by atoms with Gasteiger partial charge in [0.05, 0.1) is 6.42 Å². The number of rotatable bonds is 4. The normalized spacial score (nSPS) is 12.4. The highest BCUT2D eigenvalue weighted by Gasteiger charge is 2.29. The highest BCUT2D eigenvalue weighted by Crippen LogP contribution is 2.15. The average Bonchev–Trinajstić information content (AvgIpc) is 2.42. The molecule has 0 unspecified atom stereocenters. The van der Waals surface area contributed by atoms with E-state index in [1.54, 1.807) is 13.8 Å². The molecule has 0 fully saturated rings. The van der Waals surface area contributed by atoms with E-state index in [1.807, 2.05) is 0 Å². The van der Waals surface area contributed by atoms with Crippen molar-refractivity contribution in [1.82, 2.24) is 4.57 Å². The molecule has 1 heterocycles. The van der Waals surface area contributed by atoms with Gasteiger partial charge in [-0.05, 0) is 0 Å². The summed E-state index contributed by atoms with van der Waals surface area (Å²) in [5, 5.41) is 20.2. The maximum atomic E-state index is 11.3. The average molecular weight is 227 g/mol. The standard InChI is InChI=1S/C9H13N3O4/c1-5-6(2)12(16)4-11(5)7(9(14)15)3-8(10)13/h4,7H,3H2,1-2H3,(H2,10,13)(H,14,15)/t7-/m1/s1. The Morgan fingerprint density at radius 2 is 2.19 bits per heavy atom. The molecule has 1 aromatic rings. The second-order valence-electron chi connectivity index (χ2n) is 3.54. The molecule has 1 rings (SSSR count). The quantitative estimate of drug-likeness (QED) is 0.520. The van der Waals surface area contributed by atoms with Gasteiger partial charge in [-0.3, -0.25) is 4.79 Å². The molecule has 3 N–H and O–H groups in total. The topological polar surface area (TPSA) is 112 Å². The third-order valence-corrected chi connectivity index (χ3v) is 2.49. The predicted octanol–water partition coefficient (Wildman–Crippen LogP) is -0.761. The fourth-order valence-electron chi connectivity index (χ4n) is 1.44. The van der Waals surface area contributed by atoms with Gasteiger partial charge in [0.25, 0.3) is 0 Å². The maximum Gasteiger partial charge on any atom is 0.349 e. The molecule has 0 aliphatic rings. The second kappa shape index (κ2) is 4.21. The minimum Gasteiger partial charge on any atom is -0.711 e. The summed E-state index contributed by atoms with van der Waals surface area (Å²) in [4.78, 5) is 21.7. The van der Waals surface area contributed by atoms with Crippen LogP contribution in [0.5, 0.6) is 0 Å². The lowest BCUT2D eigenvalue weighted by atomic mass is 10.2. The van der Waals surface area contributed by atoms with Crippen LogP contribution in [0.25, 0.3) is 0 Å². The van der Waals surface area contributed by atoms with Gasteiger partial charge >= 0.3 is 5.97 Å². The minimum atomic E-state index is -1.20. The summed E-state index contributed by atoms with van der Waals surface area (Å²) < 4.78 is 1.81. The van der Waals surface area contributed by atoms with E-state index in [4.69, 9.17) is 10.8 Å². The first kappa shape index (κ1) is 12.0. The molecule has 1 atom stereocenters. The fraction of sp³-hybridized carbons (Fsp3) is 0.444. The molecule has 16 heavy (non-hydrogen) atoms. The molecule has 0 aromatic carbocycles. The molecule has 7 heteroatoms. The Morgan fingerprint density at radius 3 is 2.50 bits per heavy atom. The van der Waals surface area contributed by atoms with E-state index in [0.29, 0.717) is 16.1 Å². The summed E-state index contributed by atoms with van der Waals surface area (Å²) in [6.45, 7) is 3.18. The van der Waals surface area contributed by atoms with Crippen molar-refractivity contribution in [3.8, 4) is 0 Å². The predicted molar refractivity (Wildman–Crippen MR) is 53.4 cm³/mol. The Balaban J connectivity index is 3.16. The number of carbonyl (C=O) groups excluding carboxylic acids is 1. The van der Waals surface area contributed by atoms with Crippen LogP contribution in [0.15, 0.2) is 6.33 Å². The van der Waals surface area contributed by atoms with Gasteiger partial charge in [-0.15, -0.1) is 0 Å². The third-order valence-electron chi connectivity index (χ3n) is 2.49. The number of primary amides is 1. The molecule has 7 nitrogen and oxygen atoms in total. The Labute approximate surface area is 91.7 Å². The van der Waals surface area contributed by atoms with Gasteiger partial charge in [0, 0.05) is 13.8 Å². The molecule has 1 amide bonds. The summed E-state index contributed by atoms with van der Waals surface area (Å²) in [5.74, 6) is -1.92. The molecule has 0 saturated heterocycles. The van der Waals surface area contributed by atoms with Crippen molar-refractivity contribution < 1.29 is 19.4 Å². The van der Waals surface area contributed by atoms with E-state index >= 15 is 0 Å². The molecule has 0 radical (unpaired) electrons. The first-order valence-corrected chi connectivity index (χ1v) is 4.63. The Hall–Kier alpha value is -2.05. The van der Waals surface area contributed by atoms with E-state index in [1.165, 1.54) is 4.57 Å². The van der Waals surface area contributed by atoms with E-state index in [9.17, 15) is 14.8 Å². The number of carbonyl (C=O) groups is 2. The lowest BCUT2D eigenvalue weighted by molar-refractivity contribution is -0.611. The van der Waals surface area contributed by atoms with Crippen molar-refractivity contribution in [2.75, 3.05) is 0 Å². The first-order chi connectivity index (χ1) is 7.34. The number of amides is 1. The van der Waals surface area contributed by atoms with Crippen LogP contribution < -0.4 is 10.5 Å². The third kappa shape index (κ3) is 2.13. The summed E-state index contributed by atoms with van der Waals surface area (Å²) in [6.07, 6.45) is 0.761. The molecule has 88 valence electrons. The van der Waals surface area contributed by atoms with E-state index in [-0.39, 0.29) is 6.42 Å². The van der Waals surface area contributed by atoms with Gasteiger partial charge in [0.2, 0.25) is 18.3 Å². The number of nitrogens with two attached hydrogens (primary N) is 1. The number of nitrogens with zero attached hydrogens (tertiary/aromatic N) is 2. The van der Waals surface area contributed by atoms with Crippen molar-refractivity contribution in [1.29, 1.82) is 0 Å². The van der Waals surface area contributed by atoms with Crippen LogP contribution in [0.3, 0.4) is 0 Å². The van der Waals surface area contributed by atoms with E-state index in [0.717, 1.165) is 6.33 Å². The Bertz CT molecular complexity index is 438. The van der Waals surface area contributed by atoms with Crippen LogP contribution in [0, 0.1) is 19.1 Å². The van der Waals surface area contributed by atoms with Crippen molar-refractivity contribution in [2.45, 2.75) is 26.3 Å². The van der Waals surface area contributed by atoms with Crippen molar-refractivity contribution in [2.24, 2.45) is 5.73 Å². The van der Waals surface area contributed by atoms with Gasteiger partial charge in [0.15, 0.2) is 0 Å². The summed E-state index contributed by atoms with van der Waals surface area (Å²) >= 11 is 0. The van der Waals surface area contributed by atoms with E-state index in [2.05, 4.69) is 0 Å². The summed E-state index contributed by atoms with van der Waals surface area (Å²) in [5.41, 5.74) is 5.87. The van der Waals surface area contributed by atoms with Gasteiger partial charge in [0.1, 0.15) is 11.4 Å². The molecular weight excluding hydrogens is 214 g/mol. The van der Waals surface area contributed by atoms with Crippen LogP contribution >= 0.6 is 0 Å². The molecule has 0 spiro atoms. The van der Waals surface area contributed by atoms with Gasteiger partial charge in [-0.25, -0.2) is 14.1 Å². The number of aliphatic carboxylic acids is 1. The Kier molecular flexibility index (Phi) is 3.17. The zero-order valence-corrected chi connectivity index (χ0v) is 9.01. The van der Waals surface area contributed by atoms with Crippen molar-refractivity contribution in [3.63, 3.8) is 0 Å². The number of imidazole rings is 1. The summed E-state index contributed by atoms with van der Waals surface area (Å²) in [6, 6.07) is -1.13. The highest BCUT2D eigenvalue weighted by atomic mass is 16.5. The minimum absolute atomic E-state index is 0.343. The van der Waals surface area contributed by atoms with Crippen LogP contribution in [-0.2, 0) is 9.59 Å². The molecule has 0 aliphatic carbocycles. The van der Waals surface area contributed by atoms with Crippen molar-refractivity contribution >= 4 is 11.9 Å². The van der Waals surface area contributed by atoms with Gasteiger partial charge in [-0.1, -0.05) is 0 Å². The maximum absolute atomic E-state index is 11.3. The molecule has 0 saturated carbocycles. The molecular formula is C9H13N3O4. The fourth-order valence-corrected chi connectivity index (χ4v) is 1.44. The summed E-state index contributed by atoms with van der Waals surface area (Å²) in [7, 11) is 0. The SMILES string of the molecule is Cc1c(C)[n+]([O-])cn1[C@H](CC(N)=O)C(=O)O.